The van der Waals surface area contributed by atoms with E-state index in [1.54, 1.807) is 16.9 Å². The highest BCUT2D eigenvalue weighted by atomic mass is 127. The first kappa shape index (κ1) is 13.9. The van der Waals surface area contributed by atoms with Gasteiger partial charge in [-0.1, -0.05) is 30.3 Å². The summed E-state index contributed by atoms with van der Waals surface area (Å²) in [6.45, 7) is 0.267. The molecule has 0 N–H and O–H groups in total. The maximum absolute atomic E-state index is 11.9. The number of nitrogens with zero attached hydrogens (tertiary/aromatic N) is 4. The standard InChI is InChI=1S/C14H11IN4O2/c15-14-17-8-12-16-7-11(19(12)18-14)6-13(20)21-9-10-4-2-1-3-5-10/h1-5,7-8H,6,9H2. The molecule has 6 nitrogen and oxygen atoms in total. The van der Waals surface area contributed by atoms with Gasteiger partial charge in [-0.3, -0.25) is 4.79 Å². The van der Waals surface area contributed by atoms with Crippen molar-refractivity contribution in [3.8, 4) is 0 Å². The molecule has 0 unspecified atom stereocenters. The van der Waals surface area contributed by atoms with Crippen LogP contribution in [0.1, 0.15) is 11.3 Å². The quantitative estimate of drug-likeness (QED) is 0.500. The molecular weight excluding hydrogens is 383 g/mol. The van der Waals surface area contributed by atoms with Gasteiger partial charge in [-0.05, 0) is 5.56 Å². The van der Waals surface area contributed by atoms with Crippen LogP contribution in [0.3, 0.4) is 0 Å². The second-order valence-electron chi connectivity index (χ2n) is 4.37. The van der Waals surface area contributed by atoms with E-state index in [0.29, 0.717) is 15.2 Å². The Hall–Kier alpha value is -2.03. The van der Waals surface area contributed by atoms with E-state index < -0.39 is 0 Å². The molecule has 0 aliphatic carbocycles. The Labute approximate surface area is 134 Å². The van der Waals surface area contributed by atoms with Gasteiger partial charge in [0.15, 0.2) is 5.65 Å². The molecule has 106 valence electrons. The van der Waals surface area contributed by atoms with Crippen LogP contribution in [0, 0.1) is 3.83 Å². The fourth-order valence-electron chi connectivity index (χ4n) is 1.88. The van der Waals surface area contributed by atoms with Gasteiger partial charge < -0.3 is 4.74 Å². The lowest BCUT2D eigenvalue weighted by atomic mass is 10.2. The molecule has 2 aromatic heterocycles. The maximum Gasteiger partial charge on any atom is 0.312 e. The summed E-state index contributed by atoms with van der Waals surface area (Å²) in [6, 6.07) is 9.57. The van der Waals surface area contributed by atoms with Crippen molar-refractivity contribution < 1.29 is 9.53 Å². The van der Waals surface area contributed by atoms with Gasteiger partial charge >= 0.3 is 5.97 Å². The number of hydrogen-bond donors (Lipinski definition) is 0. The number of halogens is 1. The highest BCUT2D eigenvalue weighted by Crippen LogP contribution is 2.08. The summed E-state index contributed by atoms with van der Waals surface area (Å²) in [5.74, 6) is -0.311. The largest absolute Gasteiger partial charge is 0.461 e. The predicted molar refractivity (Wildman–Crippen MR) is 83.4 cm³/mol. The van der Waals surface area contributed by atoms with Crippen molar-refractivity contribution in [2.45, 2.75) is 13.0 Å². The van der Waals surface area contributed by atoms with Crippen molar-refractivity contribution in [2.24, 2.45) is 0 Å². The third-order valence-electron chi connectivity index (χ3n) is 2.87. The number of aromatic nitrogens is 4. The van der Waals surface area contributed by atoms with Crippen molar-refractivity contribution in [3.63, 3.8) is 0 Å². The van der Waals surface area contributed by atoms with E-state index >= 15 is 0 Å². The summed E-state index contributed by atoms with van der Waals surface area (Å²) in [6.07, 6.45) is 3.36. The Morgan fingerprint density at radius 2 is 2.00 bits per heavy atom. The van der Waals surface area contributed by atoms with Gasteiger partial charge in [-0.2, -0.15) is 0 Å². The minimum Gasteiger partial charge on any atom is -0.461 e. The predicted octanol–water partition coefficient (Wildman–Crippen LogP) is 2.01. The number of esters is 1. The van der Waals surface area contributed by atoms with Crippen LogP contribution in [0.4, 0.5) is 0 Å². The van der Waals surface area contributed by atoms with E-state index in [9.17, 15) is 4.79 Å². The minimum absolute atomic E-state index is 0.126. The number of carbonyl (C=O) groups excluding carboxylic acids is 1. The molecule has 0 saturated heterocycles. The summed E-state index contributed by atoms with van der Waals surface area (Å²) in [4.78, 5) is 20.1. The van der Waals surface area contributed by atoms with Crippen LogP contribution in [-0.4, -0.2) is 25.6 Å². The van der Waals surface area contributed by atoms with Gasteiger partial charge in [0.05, 0.1) is 24.5 Å². The monoisotopic (exact) mass is 394 g/mol. The molecule has 0 aliphatic rings. The van der Waals surface area contributed by atoms with Gasteiger partial charge in [0.1, 0.15) is 6.61 Å². The van der Waals surface area contributed by atoms with Crippen molar-refractivity contribution in [1.82, 2.24) is 19.6 Å². The van der Waals surface area contributed by atoms with E-state index in [4.69, 9.17) is 4.74 Å². The van der Waals surface area contributed by atoms with Crippen LogP contribution < -0.4 is 0 Å². The number of ether oxygens (including phenoxy) is 1. The molecule has 7 heteroatoms. The first-order valence-corrected chi connectivity index (χ1v) is 7.35. The number of hydrogen-bond acceptors (Lipinski definition) is 5. The second kappa shape index (κ2) is 6.17. The number of imidazole rings is 1. The van der Waals surface area contributed by atoms with Crippen molar-refractivity contribution in [2.75, 3.05) is 0 Å². The Morgan fingerprint density at radius 3 is 2.81 bits per heavy atom. The van der Waals surface area contributed by atoms with Crippen LogP contribution >= 0.6 is 22.6 Å². The van der Waals surface area contributed by atoms with Crippen molar-refractivity contribution >= 4 is 34.2 Å². The van der Waals surface area contributed by atoms with E-state index in [1.807, 2.05) is 52.9 Å². The highest BCUT2D eigenvalue weighted by Gasteiger charge is 2.11. The molecule has 2 heterocycles. The molecule has 21 heavy (non-hydrogen) atoms. The first-order valence-electron chi connectivity index (χ1n) is 6.27. The van der Waals surface area contributed by atoms with Crippen LogP contribution in [0.2, 0.25) is 0 Å². The number of benzene rings is 1. The summed E-state index contributed by atoms with van der Waals surface area (Å²) in [5.41, 5.74) is 2.26. The van der Waals surface area contributed by atoms with Crippen molar-refractivity contribution in [1.29, 1.82) is 0 Å². The lowest BCUT2D eigenvalue weighted by Gasteiger charge is -2.04. The molecule has 0 atom stereocenters. The van der Waals surface area contributed by atoms with Gasteiger partial charge in [-0.25, -0.2) is 14.5 Å². The van der Waals surface area contributed by atoms with Crippen LogP contribution in [0.5, 0.6) is 0 Å². The number of rotatable bonds is 4. The molecule has 1 aromatic carbocycles. The molecule has 3 rings (SSSR count). The number of carbonyl (C=O) groups is 1. The molecule has 0 saturated carbocycles. The smallest absolute Gasteiger partial charge is 0.312 e. The topological polar surface area (TPSA) is 69.4 Å². The minimum atomic E-state index is -0.311. The van der Waals surface area contributed by atoms with Gasteiger partial charge in [0.25, 0.3) is 0 Å². The Kier molecular flexibility index (Phi) is 4.09. The molecular formula is C14H11IN4O2. The molecule has 0 spiro atoms. The average Bonchev–Trinajstić information content (AvgIpc) is 2.88. The van der Waals surface area contributed by atoms with E-state index in [0.717, 1.165) is 5.56 Å². The second-order valence-corrected chi connectivity index (χ2v) is 5.33. The third kappa shape index (κ3) is 3.35. The Bertz CT molecular complexity index is 773. The zero-order chi connectivity index (χ0) is 14.7. The van der Waals surface area contributed by atoms with E-state index in [2.05, 4.69) is 15.1 Å². The van der Waals surface area contributed by atoms with Gasteiger partial charge in [0.2, 0.25) is 3.83 Å². The Morgan fingerprint density at radius 1 is 1.19 bits per heavy atom. The summed E-state index contributed by atoms with van der Waals surface area (Å²) < 4.78 is 7.46. The summed E-state index contributed by atoms with van der Waals surface area (Å²) in [7, 11) is 0. The fraction of sp³-hybridized carbons (Fsp3) is 0.143. The lowest BCUT2D eigenvalue weighted by molar-refractivity contribution is -0.144. The van der Waals surface area contributed by atoms with Crippen molar-refractivity contribution in [3.05, 3.63) is 57.8 Å². The zero-order valence-corrected chi connectivity index (χ0v) is 13.1. The van der Waals surface area contributed by atoms with Crippen LogP contribution in [0.25, 0.3) is 5.65 Å². The third-order valence-corrected chi connectivity index (χ3v) is 3.37. The average molecular weight is 394 g/mol. The molecule has 0 amide bonds. The molecule has 0 fully saturated rings. The molecule has 0 bridgehead atoms. The highest BCUT2D eigenvalue weighted by molar-refractivity contribution is 14.1. The van der Waals surface area contributed by atoms with E-state index in [-0.39, 0.29) is 19.0 Å². The lowest BCUT2D eigenvalue weighted by Crippen LogP contribution is -2.11. The molecule has 3 aromatic rings. The fourth-order valence-corrected chi connectivity index (χ4v) is 2.23. The van der Waals surface area contributed by atoms with Crippen LogP contribution in [0.15, 0.2) is 42.7 Å². The molecule has 0 radical (unpaired) electrons. The molecule has 0 aliphatic heterocycles. The van der Waals surface area contributed by atoms with E-state index in [1.165, 1.54) is 0 Å². The SMILES string of the molecule is O=C(Cc1cnc2cnc(I)nn12)OCc1ccccc1. The summed E-state index contributed by atoms with van der Waals surface area (Å²) in [5, 5.41) is 4.23. The Balaban J connectivity index is 1.67. The maximum atomic E-state index is 11.9. The van der Waals surface area contributed by atoms with Gasteiger partial charge in [0, 0.05) is 22.6 Å². The van der Waals surface area contributed by atoms with Gasteiger partial charge in [-0.15, -0.1) is 5.10 Å². The van der Waals surface area contributed by atoms with Crippen LogP contribution in [-0.2, 0) is 22.6 Å². The summed E-state index contributed by atoms with van der Waals surface area (Å²) >= 11 is 2.01. The normalized spacial score (nSPS) is 10.7. The zero-order valence-electron chi connectivity index (χ0n) is 10.9. The number of fused-ring (bicyclic) bond motifs is 1. The first-order chi connectivity index (χ1) is 10.2.